The van der Waals surface area contributed by atoms with E-state index in [1.54, 1.807) is 24.3 Å². The minimum absolute atomic E-state index is 0.106. The molecule has 1 amide bonds. The third kappa shape index (κ3) is 2.58. The number of nitrogen functional groups attached to an aromatic ring is 1. The van der Waals surface area contributed by atoms with Gasteiger partial charge < -0.3 is 15.5 Å². The van der Waals surface area contributed by atoms with Gasteiger partial charge in [-0.15, -0.1) is 0 Å². The van der Waals surface area contributed by atoms with Crippen LogP contribution in [0.25, 0.3) is 0 Å². The molecule has 1 aliphatic rings. The molecule has 2 N–H and O–H groups in total. The summed E-state index contributed by atoms with van der Waals surface area (Å²) in [6.07, 6.45) is 1.05. The third-order valence-electron chi connectivity index (χ3n) is 3.34. The van der Waals surface area contributed by atoms with E-state index in [0.29, 0.717) is 11.7 Å². The van der Waals surface area contributed by atoms with Gasteiger partial charge in [-0.1, -0.05) is 0 Å². The van der Waals surface area contributed by atoms with Crippen molar-refractivity contribution >= 4 is 11.6 Å². The molecule has 1 atom stereocenters. The van der Waals surface area contributed by atoms with Crippen LogP contribution in [0.4, 0.5) is 5.69 Å². The van der Waals surface area contributed by atoms with Crippen molar-refractivity contribution in [3.05, 3.63) is 29.8 Å². The van der Waals surface area contributed by atoms with Crippen LogP contribution in [0.15, 0.2) is 24.3 Å². The van der Waals surface area contributed by atoms with Crippen LogP contribution in [0.3, 0.4) is 0 Å². The number of hydrogen-bond donors (Lipinski definition) is 1. The van der Waals surface area contributed by atoms with Crippen molar-refractivity contribution in [3.63, 3.8) is 0 Å². The van der Waals surface area contributed by atoms with Crippen LogP contribution in [0.2, 0.25) is 0 Å². The number of carbonyl (C=O) groups is 1. The molecule has 1 aromatic rings. The maximum Gasteiger partial charge on any atom is 0.253 e. The highest BCUT2D eigenvalue weighted by atomic mass is 16.2. The first-order valence-electron chi connectivity index (χ1n) is 5.89. The molecule has 0 unspecified atom stereocenters. The summed E-state index contributed by atoms with van der Waals surface area (Å²) in [4.78, 5) is 16.3. The van der Waals surface area contributed by atoms with Gasteiger partial charge in [-0.05, 0) is 44.8 Å². The first kappa shape index (κ1) is 11.9. The molecule has 0 spiro atoms. The maximum absolute atomic E-state index is 12.2. The number of nitrogens with two attached hydrogens (primary N) is 1. The minimum Gasteiger partial charge on any atom is -0.399 e. The van der Waals surface area contributed by atoms with Gasteiger partial charge in [0.2, 0.25) is 0 Å². The standard InChI is InChI=1S/C13H19N3O/c1-15(2)12-7-8-16(9-12)13(17)10-3-5-11(14)6-4-10/h3-6,12H,7-9,14H2,1-2H3/t12-/m0/s1. The number of nitrogens with zero attached hydrogens (tertiary/aromatic N) is 2. The Morgan fingerprint density at radius 1 is 1.35 bits per heavy atom. The average Bonchev–Trinajstić information content (AvgIpc) is 2.78. The zero-order chi connectivity index (χ0) is 12.4. The third-order valence-corrected chi connectivity index (χ3v) is 3.34. The lowest BCUT2D eigenvalue weighted by atomic mass is 10.2. The fraction of sp³-hybridized carbons (Fsp3) is 0.462. The summed E-state index contributed by atoms with van der Waals surface area (Å²) in [5.74, 6) is 0.106. The molecule has 0 saturated carbocycles. The van der Waals surface area contributed by atoms with Crippen molar-refractivity contribution < 1.29 is 4.79 Å². The molecule has 0 aromatic heterocycles. The first-order chi connectivity index (χ1) is 8.08. The summed E-state index contributed by atoms with van der Waals surface area (Å²) in [5.41, 5.74) is 7.02. The highest BCUT2D eigenvalue weighted by molar-refractivity contribution is 5.94. The number of hydrogen-bond acceptors (Lipinski definition) is 3. The van der Waals surface area contributed by atoms with E-state index in [9.17, 15) is 4.79 Å². The van der Waals surface area contributed by atoms with E-state index in [-0.39, 0.29) is 5.91 Å². The number of benzene rings is 1. The lowest BCUT2D eigenvalue weighted by Crippen LogP contribution is -2.34. The van der Waals surface area contributed by atoms with E-state index in [2.05, 4.69) is 19.0 Å². The smallest absolute Gasteiger partial charge is 0.253 e. The van der Waals surface area contributed by atoms with Crippen LogP contribution in [0.5, 0.6) is 0 Å². The average molecular weight is 233 g/mol. The van der Waals surface area contributed by atoms with Crippen molar-refractivity contribution in [2.75, 3.05) is 32.9 Å². The Balaban J connectivity index is 2.04. The van der Waals surface area contributed by atoms with E-state index in [0.717, 1.165) is 25.1 Å². The maximum atomic E-state index is 12.2. The molecule has 1 saturated heterocycles. The molecular weight excluding hydrogens is 214 g/mol. The van der Waals surface area contributed by atoms with E-state index < -0.39 is 0 Å². The Bertz CT molecular complexity index is 400. The number of rotatable bonds is 2. The van der Waals surface area contributed by atoms with Crippen LogP contribution >= 0.6 is 0 Å². The van der Waals surface area contributed by atoms with Gasteiger partial charge in [-0.3, -0.25) is 4.79 Å². The van der Waals surface area contributed by atoms with Gasteiger partial charge in [0.1, 0.15) is 0 Å². The van der Waals surface area contributed by atoms with E-state index in [1.165, 1.54) is 0 Å². The predicted octanol–water partition coefficient (Wildman–Crippen LogP) is 1.04. The molecule has 1 fully saturated rings. The van der Waals surface area contributed by atoms with E-state index in [4.69, 9.17) is 5.73 Å². The van der Waals surface area contributed by atoms with Crippen molar-refractivity contribution in [2.24, 2.45) is 0 Å². The molecular formula is C13H19N3O. The Morgan fingerprint density at radius 2 is 2.00 bits per heavy atom. The summed E-state index contributed by atoms with van der Waals surface area (Å²) in [6, 6.07) is 7.61. The lowest BCUT2D eigenvalue weighted by molar-refractivity contribution is 0.0783. The molecule has 0 radical (unpaired) electrons. The topological polar surface area (TPSA) is 49.6 Å². The minimum atomic E-state index is 0.106. The van der Waals surface area contributed by atoms with Crippen molar-refractivity contribution in [1.29, 1.82) is 0 Å². The Labute approximate surface area is 102 Å². The highest BCUT2D eigenvalue weighted by Gasteiger charge is 2.27. The number of amides is 1. The van der Waals surface area contributed by atoms with E-state index >= 15 is 0 Å². The normalized spacial score (nSPS) is 19.9. The van der Waals surface area contributed by atoms with Crippen LogP contribution in [-0.2, 0) is 0 Å². The van der Waals surface area contributed by atoms with Gasteiger partial charge in [0.25, 0.3) is 5.91 Å². The zero-order valence-corrected chi connectivity index (χ0v) is 10.4. The van der Waals surface area contributed by atoms with Gasteiger partial charge in [-0.2, -0.15) is 0 Å². The predicted molar refractivity (Wildman–Crippen MR) is 68.8 cm³/mol. The largest absolute Gasteiger partial charge is 0.399 e. The fourth-order valence-electron chi connectivity index (χ4n) is 2.16. The Hall–Kier alpha value is -1.55. The summed E-state index contributed by atoms with van der Waals surface area (Å²) in [5, 5.41) is 0. The van der Waals surface area contributed by atoms with E-state index in [1.807, 2.05) is 4.90 Å². The number of likely N-dealkylation sites (tertiary alicyclic amines) is 1. The van der Waals surface area contributed by atoms with Gasteiger partial charge in [0, 0.05) is 30.4 Å². The highest BCUT2D eigenvalue weighted by Crippen LogP contribution is 2.17. The van der Waals surface area contributed by atoms with Gasteiger partial charge >= 0.3 is 0 Å². The zero-order valence-electron chi connectivity index (χ0n) is 10.4. The van der Waals surface area contributed by atoms with Gasteiger partial charge in [-0.25, -0.2) is 0 Å². The summed E-state index contributed by atoms with van der Waals surface area (Å²) < 4.78 is 0. The van der Waals surface area contributed by atoms with Crippen LogP contribution in [0.1, 0.15) is 16.8 Å². The number of anilines is 1. The molecule has 0 aliphatic carbocycles. The molecule has 92 valence electrons. The molecule has 1 aromatic carbocycles. The molecule has 4 nitrogen and oxygen atoms in total. The van der Waals surface area contributed by atoms with Crippen molar-refractivity contribution in [1.82, 2.24) is 9.80 Å². The van der Waals surface area contributed by atoms with Crippen LogP contribution in [-0.4, -0.2) is 48.9 Å². The Kier molecular flexibility index (Phi) is 3.33. The molecule has 0 bridgehead atoms. The van der Waals surface area contributed by atoms with Gasteiger partial charge in [0.15, 0.2) is 0 Å². The number of likely N-dealkylation sites (N-methyl/N-ethyl adjacent to an activating group) is 1. The van der Waals surface area contributed by atoms with Crippen LogP contribution in [0, 0.1) is 0 Å². The molecule has 17 heavy (non-hydrogen) atoms. The van der Waals surface area contributed by atoms with Gasteiger partial charge in [0.05, 0.1) is 0 Å². The summed E-state index contributed by atoms with van der Waals surface area (Å²) >= 11 is 0. The molecule has 2 rings (SSSR count). The SMILES string of the molecule is CN(C)[C@H]1CCN(C(=O)c2ccc(N)cc2)C1. The monoisotopic (exact) mass is 233 g/mol. The quantitative estimate of drug-likeness (QED) is 0.777. The second-order valence-corrected chi connectivity index (χ2v) is 4.78. The Morgan fingerprint density at radius 3 is 2.53 bits per heavy atom. The first-order valence-corrected chi connectivity index (χ1v) is 5.89. The fourth-order valence-corrected chi connectivity index (χ4v) is 2.16. The summed E-state index contributed by atoms with van der Waals surface area (Å²) in [6.45, 7) is 1.66. The van der Waals surface area contributed by atoms with Crippen LogP contribution < -0.4 is 5.73 Å². The molecule has 4 heteroatoms. The lowest BCUT2D eigenvalue weighted by Gasteiger charge is -2.20. The number of carbonyl (C=O) groups excluding carboxylic acids is 1. The molecule has 1 aliphatic heterocycles. The van der Waals surface area contributed by atoms with Crippen molar-refractivity contribution in [3.8, 4) is 0 Å². The molecule has 1 heterocycles. The van der Waals surface area contributed by atoms with Crippen molar-refractivity contribution in [2.45, 2.75) is 12.5 Å². The summed E-state index contributed by atoms with van der Waals surface area (Å²) in [7, 11) is 4.11. The second-order valence-electron chi connectivity index (χ2n) is 4.78. The second kappa shape index (κ2) is 4.75.